The van der Waals surface area contributed by atoms with Gasteiger partial charge < -0.3 is 4.90 Å². The summed E-state index contributed by atoms with van der Waals surface area (Å²) in [5.41, 5.74) is 0. The summed E-state index contributed by atoms with van der Waals surface area (Å²) in [6, 6.07) is 0.797. The third-order valence-electron chi connectivity index (χ3n) is 3.23. The molecule has 0 radical (unpaired) electrons. The van der Waals surface area contributed by atoms with Gasteiger partial charge in [-0.15, -0.1) is 11.6 Å². The van der Waals surface area contributed by atoms with Crippen LogP contribution in [0.25, 0.3) is 0 Å². The molecule has 78 valence electrons. The minimum absolute atomic E-state index is 0.746. The highest BCUT2D eigenvalue weighted by atomic mass is 35.5. The Bertz CT molecular complexity index is 134. The Morgan fingerprint density at radius 3 is 2.62 bits per heavy atom. The smallest absolute Gasteiger partial charge is 0.0263 e. The molecular weight excluding hydrogens is 182 g/mol. The van der Waals surface area contributed by atoms with E-state index in [0.29, 0.717) is 0 Å². The van der Waals surface area contributed by atoms with Crippen molar-refractivity contribution in [2.75, 3.05) is 19.0 Å². The summed E-state index contributed by atoms with van der Waals surface area (Å²) in [6.07, 6.45) is 5.24. The SMILES string of the molecule is CCC(CC)N1CCCC(CCl)C1. The summed E-state index contributed by atoms with van der Waals surface area (Å²) >= 11 is 5.91. The second kappa shape index (κ2) is 5.87. The van der Waals surface area contributed by atoms with Gasteiger partial charge in [-0.05, 0) is 38.1 Å². The minimum Gasteiger partial charge on any atom is -0.300 e. The van der Waals surface area contributed by atoms with Crippen LogP contribution in [-0.2, 0) is 0 Å². The molecule has 1 rings (SSSR count). The van der Waals surface area contributed by atoms with Crippen LogP contribution in [0.4, 0.5) is 0 Å². The van der Waals surface area contributed by atoms with Gasteiger partial charge in [0.1, 0.15) is 0 Å². The van der Waals surface area contributed by atoms with E-state index in [2.05, 4.69) is 18.7 Å². The quantitative estimate of drug-likeness (QED) is 0.635. The summed E-state index contributed by atoms with van der Waals surface area (Å²) in [5, 5.41) is 0. The Morgan fingerprint density at radius 2 is 2.08 bits per heavy atom. The molecule has 0 aromatic carbocycles. The molecule has 2 heteroatoms. The maximum absolute atomic E-state index is 5.91. The van der Waals surface area contributed by atoms with Crippen LogP contribution in [0, 0.1) is 5.92 Å². The first-order chi connectivity index (χ1) is 6.31. The van der Waals surface area contributed by atoms with Gasteiger partial charge in [0.25, 0.3) is 0 Å². The zero-order chi connectivity index (χ0) is 9.68. The van der Waals surface area contributed by atoms with Crippen molar-refractivity contribution in [2.45, 2.75) is 45.6 Å². The number of hydrogen-bond donors (Lipinski definition) is 0. The third-order valence-corrected chi connectivity index (χ3v) is 3.66. The van der Waals surface area contributed by atoms with Gasteiger partial charge in [0.15, 0.2) is 0 Å². The molecule has 1 unspecified atom stereocenters. The van der Waals surface area contributed by atoms with E-state index in [1.807, 2.05) is 0 Å². The molecule has 1 saturated heterocycles. The number of halogens is 1. The first kappa shape index (κ1) is 11.3. The van der Waals surface area contributed by atoms with E-state index in [1.54, 1.807) is 0 Å². The lowest BCUT2D eigenvalue weighted by Crippen LogP contribution is -2.42. The zero-order valence-electron chi connectivity index (χ0n) is 8.93. The van der Waals surface area contributed by atoms with Crippen molar-refractivity contribution in [3.63, 3.8) is 0 Å². The monoisotopic (exact) mass is 203 g/mol. The molecule has 1 fully saturated rings. The predicted octanol–water partition coefficient (Wildman–Crippen LogP) is 3.13. The Morgan fingerprint density at radius 1 is 1.38 bits per heavy atom. The molecule has 0 aromatic rings. The van der Waals surface area contributed by atoms with Crippen molar-refractivity contribution in [3.8, 4) is 0 Å². The number of likely N-dealkylation sites (tertiary alicyclic amines) is 1. The molecule has 0 aliphatic carbocycles. The van der Waals surface area contributed by atoms with Gasteiger partial charge in [-0.25, -0.2) is 0 Å². The molecule has 0 spiro atoms. The number of nitrogens with zero attached hydrogens (tertiary/aromatic N) is 1. The fraction of sp³-hybridized carbons (Fsp3) is 1.00. The Labute approximate surface area is 87.4 Å². The van der Waals surface area contributed by atoms with Gasteiger partial charge in [0, 0.05) is 18.5 Å². The van der Waals surface area contributed by atoms with Gasteiger partial charge in [-0.1, -0.05) is 13.8 Å². The van der Waals surface area contributed by atoms with Crippen LogP contribution >= 0.6 is 11.6 Å². The van der Waals surface area contributed by atoms with Gasteiger partial charge >= 0.3 is 0 Å². The third kappa shape index (κ3) is 3.14. The summed E-state index contributed by atoms with van der Waals surface area (Å²) < 4.78 is 0. The van der Waals surface area contributed by atoms with Crippen molar-refractivity contribution in [1.82, 2.24) is 4.90 Å². The molecule has 0 N–H and O–H groups in total. The highest BCUT2D eigenvalue weighted by Gasteiger charge is 2.23. The van der Waals surface area contributed by atoms with Crippen LogP contribution < -0.4 is 0 Å². The number of rotatable bonds is 4. The second-order valence-electron chi connectivity index (χ2n) is 4.13. The number of piperidine rings is 1. The molecule has 0 bridgehead atoms. The molecule has 1 aliphatic rings. The molecule has 1 heterocycles. The Balaban J connectivity index is 2.40. The molecule has 0 amide bonds. The van der Waals surface area contributed by atoms with E-state index < -0.39 is 0 Å². The summed E-state index contributed by atoms with van der Waals surface area (Å²) in [6.45, 7) is 7.10. The maximum Gasteiger partial charge on any atom is 0.0263 e. The molecule has 0 saturated carbocycles. The predicted molar refractivity (Wildman–Crippen MR) is 59.4 cm³/mol. The highest BCUT2D eigenvalue weighted by molar-refractivity contribution is 6.18. The summed E-state index contributed by atoms with van der Waals surface area (Å²) in [7, 11) is 0. The van der Waals surface area contributed by atoms with E-state index >= 15 is 0 Å². The van der Waals surface area contributed by atoms with E-state index in [-0.39, 0.29) is 0 Å². The first-order valence-electron chi connectivity index (χ1n) is 5.61. The molecule has 1 atom stereocenters. The average molecular weight is 204 g/mol. The first-order valence-corrected chi connectivity index (χ1v) is 6.15. The van der Waals surface area contributed by atoms with E-state index in [4.69, 9.17) is 11.6 Å². The number of alkyl halides is 1. The molecule has 1 nitrogen and oxygen atoms in total. The fourth-order valence-corrected chi connectivity index (χ4v) is 2.61. The summed E-state index contributed by atoms with van der Waals surface area (Å²) in [5.74, 6) is 1.59. The Kier molecular flexibility index (Phi) is 5.12. The van der Waals surface area contributed by atoms with Crippen molar-refractivity contribution in [3.05, 3.63) is 0 Å². The molecule has 1 aliphatic heterocycles. The van der Waals surface area contributed by atoms with Crippen LogP contribution in [0.1, 0.15) is 39.5 Å². The maximum atomic E-state index is 5.91. The van der Waals surface area contributed by atoms with Crippen LogP contribution in [-0.4, -0.2) is 29.9 Å². The fourth-order valence-electron chi connectivity index (χ4n) is 2.36. The summed E-state index contributed by atoms with van der Waals surface area (Å²) in [4.78, 5) is 2.64. The normalized spacial score (nSPS) is 25.4. The Hall–Kier alpha value is 0.250. The van der Waals surface area contributed by atoms with Gasteiger partial charge in [-0.2, -0.15) is 0 Å². The van der Waals surface area contributed by atoms with Gasteiger partial charge in [0.05, 0.1) is 0 Å². The molecule has 0 aromatic heterocycles. The molecule has 13 heavy (non-hydrogen) atoms. The lowest BCUT2D eigenvalue weighted by Gasteiger charge is -2.37. The van der Waals surface area contributed by atoms with Crippen molar-refractivity contribution in [2.24, 2.45) is 5.92 Å². The zero-order valence-corrected chi connectivity index (χ0v) is 9.69. The lowest BCUT2D eigenvalue weighted by molar-refractivity contribution is 0.124. The second-order valence-corrected chi connectivity index (χ2v) is 4.44. The minimum atomic E-state index is 0.746. The average Bonchev–Trinajstić information content (AvgIpc) is 2.20. The van der Waals surface area contributed by atoms with Crippen molar-refractivity contribution < 1.29 is 0 Å². The van der Waals surface area contributed by atoms with Crippen molar-refractivity contribution >= 4 is 11.6 Å². The van der Waals surface area contributed by atoms with Gasteiger partial charge in [-0.3, -0.25) is 0 Å². The van der Waals surface area contributed by atoms with E-state index in [1.165, 1.54) is 38.8 Å². The topological polar surface area (TPSA) is 3.24 Å². The lowest BCUT2D eigenvalue weighted by atomic mass is 9.97. The van der Waals surface area contributed by atoms with E-state index in [0.717, 1.165) is 17.8 Å². The number of hydrogen-bond acceptors (Lipinski definition) is 1. The molecular formula is C11H22ClN. The van der Waals surface area contributed by atoms with E-state index in [9.17, 15) is 0 Å². The van der Waals surface area contributed by atoms with Gasteiger partial charge in [0.2, 0.25) is 0 Å². The van der Waals surface area contributed by atoms with Crippen LogP contribution in [0.2, 0.25) is 0 Å². The van der Waals surface area contributed by atoms with Crippen LogP contribution in [0.3, 0.4) is 0 Å². The van der Waals surface area contributed by atoms with Crippen molar-refractivity contribution in [1.29, 1.82) is 0 Å². The van der Waals surface area contributed by atoms with Crippen LogP contribution in [0.5, 0.6) is 0 Å². The standard InChI is InChI=1S/C11H22ClN/c1-3-11(4-2)13-7-5-6-10(8-12)9-13/h10-11H,3-9H2,1-2H3. The highest BCUT2D eigenvalue weighted by Crippen LogP contribution is 2.21. The largest absolute Gasteiger partial charge is 0.300 e. The van der Waals surface area contributed by atoms with Crippen LogP contribution in [0.15, 0.2) is 0 Å².